The molecular formula is C12H15FN2O4. The van der Waals surface area contributed by atoms with Crippen molar-refractivity contribution in [2.75, 3.05) is 20.2 Å². The van der Waals surface area contributed by atoms with E-state index < -0.39 is 17.7 Å². The Balaban J connectivity index is 1.86. The number of carbonyl (C=O) groups is 2. The molecule has 1 N–H and O–H groups in total. The number of rotatable bonds is 3. The summed E-state index contributed by atoms with van der Waals surface area (Å²) in [4.78, 5) is 24.3. The lowest BCUT2D eigenvalue weighted by molar-refractivity contribution is -0.153. The minimum absolute atomic E-state index is 0.0478. The zero-order valence-electron chi connectivity index (χ0n) is 10.5. The minimum Gasteiger partial charge on any atom is -0.467 e. The zero-order valence-corrected chi connectivity index (χ0v) is 10.5. The second-order valence-corrected chi connectivity index (χ2v) is 4.37. The summed E-state index contributed by atoms with van der Waals surface area (Å²) in [6.45, 7) is 0.110. The highest BCUT2D eigenvalue weighted by molar-refractivity contribution is 5.82. The van der Waals surface area contributed by atoms with Crippen LogP contribution in [0.25, 0.3) is 0 Å². The van der Waals surface area contributed by atoms with Gasteiger partial charge in [0.05, 0.1) is 26.5 Å². The molecule has 1 saturated heterocycles. The van der Waals surface area contributed by atoms with Crippen LogP contribution in [-0.2, 0) is 16.1 Å². The van der Waals surface area contributed by atoms with Crippen molar-refractivity contribution in [2.24, 2.45) is 0 Å². The molecule has 1 atom stereocenters. The highest BCUT2D eigenvalue weighted by Gasteiger charge is 2.47. The Bertz CT molecular complexity index is 462. The molecule has 104 valence electrons. The molecule has 0 unspecified atom stereocenters. The van der Waals surface area contributed by atoms with Gasteiger partial charge < -0.3 is 19.4 Å². The SMILES string of the molecule is COC(=O)[C@@]1(F)CCN(C(=O)NCc2ccco2)C1. The Labute approximate surface area is 109 Å². The van der Waals surface area contributed by atoms with Crippen LogP contribution in [0, 0.1) is 0 Å². The summed E-state index contributed by atoms with van der Waals surface area (Å²) in [6.07, 6.45) is 1.45. The number of carbonyl (C=O) groups excluding carboxylic acids is 2. The second-order valence-electron chi connectivity index (χ2n) is 4.37. The molecule has 6 nitrogen and oxygen atoms in total. The summed E-state index contributed by atoms with van der Waals surface area (Å²) in [5.41, 5.74) is -2.10. The summed E-state index contributed by atoms with van der Waals surface area (Å²) in [5.74, 6) is -0.333. The number of hydrogen-bond acceptors (Lipinski definition) is 4. The molecule has 1 aliphatic heterocycles. The number of furan rings is 1. The van der Waals surface area contributed by atoms with Crippen LogP contribution >= 0.6 is 0 Å². The average Bonchev–Trinajstić information content (AvgIpc) is 3.05. The fourth-order valence-corrected chi connectivity index (χ4v) is 1.98. The molecule has 0 aromatic carbocycles. The van der Waals surface area contributed by atoms with Gasteiger partial charge in [0.25, 0.3) is 0 Å². The van der Waals surface area contributed by atoms with Crippen molar-refractivity contribution >= 4 is 12.0 Å². The normalized spacial score (nSPS) is 22.3. The molecule has 2 heterocycles. The first-order chi connectivity index (χ1) is 9.05. The highest BCUT2D eigenvalue weighted by atomic mass is 19.1. The summed E-state index contributed by atoms with van der Waals surface area (Å²) in [5, 5.41) is 2.60. The van der Waals surface area contributed by atoms with Gasteiger partial charge in [-0.25, -0.2) is 14.0 Å². The fraction of sp³-hybridized carbons (Fsp3) is 0.500. The van der Waals surface area contributed by atoms with E-state index in [2.05, 4.69) is 10.1 Å². The van der Waals surface area contributed by atoms with Gasteiger partial charge >= 0.3 is 12.0 Å². The van der Waals surface area contributed by atoms with Gasteiger partial charge in [0.1, 0.15) is 5.76 Å². The van der Waals surface area contributed by atoms with E-state index in [0.717, 1.165) is 7.11 Å². The number of likely N-dealkylation sites (tertiary alicyclic amines) is 1. The van der Waals surface area contributed by atoms with Crippen LogP contribution in [0.15, 0.2) is 22.8 Å². The molecule has 7 heteroatoms. The van der Waals surface area contributed by atoms with Crippen molar-refractivity contribution in [1.29, 1.82) is 0 Å². The van der Waals surface area contributed by atoms with Gasteiger partial charge in [-0.05, 0) is 12.1 Å². The predicted octanol–water partition coefficient (Wildman–Crippen LogP) is 1.08. The molecule has 1 aliphatic rings. The number of nitrogens with zero attached hydrogens (tertiary/aromatic N) is 1. The van der Waals surface area contributed by atoms with E-state index in [0.29, 0.717) is 5.76 Å². The summed E-state index contributed by atoms with van der Waals surface area (Å²) in [6, 6.07) is 3.00. The van der Waals surface area contributed by atoms with Crippen molar-refractivity contribution in [1.82, 2.24) is 10.2 Å². The van der Waals surface area contributed by atoms with E-state index in [4.69, 9.17) is 4.42 Å². The van der Waals surface area contributed by atoms with Crippen LogP contribution in [0.1, 0.15) is 12.2 Å². The lowest BCUT2D eigenvalue weighted by Crippen LogP contribution is -2.43. The molecule has 2 rings (SSSR count). The number of nitrogens with one attached hydrogen (secondary N) is 1. The van der Waals surface area contributed by atoms with Crippen molar-refractivity contribution in [3.8, 4) is 0 Å². The third-order valence-electron chi connectivity index (χ3n) is 3.05. The minimum atomic E-state index is -2.10. The fourth-order valence-electron chi connectivity index (χ4n) is 1.98. The Morgan fingerprint density at radius 1 is 1.63 bits per heavy atom. The molecule has 19 heavy (non-hydrogen) atoms. The molecule has 1 aromatic heterocycles. The first-order valence-electron chi connectivity index (χ1n) is 5.88. The zero-order chi connectivity index (χ0) is 13.9. The van der Waals surface area contributed by atoms with Gasteiger partial charge in [0, 0.05) is 13.0 Å². The molecule has 1 fully saturated rings. The third-order valence-corrected chi connectivity index (χ3v) is 3.05. The maximum Gasteiger partial charge on any atom is 0.345 e. The van der Waals surface area contributed by atoms with Crippen LogP contribution in [0.5, 0.6) is 0 Å². The number of urea groups is 1. The summed E-state index contributed by atoms with van der Waals surface area (Å²) < 4.78 is 23.6. The molecule has 0 spiro atoms. The Morgan fingerprint density at radius 3 is 3.05 bits per heavy atom. The third kappa shape index (κ3) is 2.86. The highest BCUT2D eigenvalue weighted by Crippen LogP contribution is 2.26. The van der Waals surface area contributed by atoms with Crippen LogP contribution < -0.4 is 5.32 Å². The quantitative estimate of drug-likeness (QED) is 0.834. The van der Waals surface area contributed by atoms with Gasteiger partial charge in [0.15, 0.2) is 0 Å². The van der Waals surface area contributed by atoms with E-state index in [1.807, 2.05) is 0 Å². The predicted molar refractivity (Wildman–Crippen MR) is 63.0 cm³/mol. The Morgan fingerprint density at radius 2 is 2.42 bits per heavy atom. The van der Waals surface area contributed by atoms with Gasteiger partial charge in [0.2, 0.25) is 5.67 Å². The Hall–Kier alpha value is -2.05. The number of ether oxygens (including phenoxy) is 1. The van der Waals surface area contributed by atoms with Crippen LogP contribution in [-0.4, -0.2) is 42.8 Å². The summed E-state index contributed by atoms with van der Waals surface area (Å²) >= 11 is 0. The van der Waals surface area contributed by atoms with Gasteiger partial charge in [-0.15, -0.1) is 0 Å². The Kier molecular flexibility index (Phi) is 3.73. The van der Waals surface area contributed by atoms with Crippen LogP contribution in [0.3, 0.4) is 0 Å². The maximum atomic E-state index is 14.1. The molecule has 2 amide bonds. The number of alkyl halides is 1. The van der Waals surface area contributed by atoms with Crippen molar-refractivity contribution < 1.29 is 23.1 Å². The topological polar surface area (TPSA) is 71.8 Å². The first-order valence-corrected chi connectivity index (χ1v) is 5.88. The maximum absolute atomic E-state index is 14.1. The van der Waals surface area contributed by atoms with E-state index in [1.54, 1.807) is 12.1 Å². The van der Waals surface area contributed by atoms with Crippen molar-refractivity contribution in [3.05, 3.63) is 24.2 Å². The molecule has 0 radical (unpaired) electrons. The lowest BCUT2D eigenvalue weighted by atomic mass is 10.1. The molecule has 0 aliphatic carbocycles. The van der Waals surface area contributed by atoms with Crippen molar-refractivity contribution in [2.45, 2.75) is 18.6 Å². The van der Waals surface area contributed by atoms with E-state index in [1.165, 1.54) is 11.2 Å². The van der Waals surface area contributed by atoms with Crippen molar-refractivity contribution in [3.63, 3.8) is 0 Å². The first kappa shape index (κ1) is 13.4. The molecule has 0 bridgehead atoms. The number of halogens is 1. The van der Waals surface area contributed by atoms with E-state index in [9.17, 15) is 14.0 Å². The second kappa shape index (κ2) is 5.29. The largest absolute Gasteiger partial charge is 0.467 e. The monoisotopic (exact) mass is 270 g/mol. The van der Waals surface area contributed by atoms with Gasteiger partial charge in [-0.1, -0.05) is 0 Å². The number of methoxy groups -OCH3 is 1. The van der Waals surface area contributed by atoms with Gasteiger partial charge in [-0.3, -0.25) is 0 Å². The number of esters is 1. The number of hydrogen-bond donors (Lipinski definition) is 1. The van der Waals surface area contributed by atoms with Gasteiger partial charge in [-0.2, -0.15) is 0 Å². The standard InChI is InChI=1S/C12H15FN2O4/c1-18-10(16)12(13)4-5-15(8-12)11(17)14-7-9-3-2-6-19-9/h2-3,6H,4-5,7-8H2,1H3,(H,14,17)/t12-/m1/s1. The smallest absolute Gasteiger partial charge is 0.345 e. The average molecular weight is 270 g/mol. The van der Waals surface area contributed by atoms with Crippen LogP contribution in [0.2, 0.25) is 0 Å². The van der Waals surface area contributed by atoms with Crippen LogP contribution in [0.4, 0.5) is 9.18 Å². The molecule has 0 saturated carbocycles. The lowest BCUT2D eigenvalue weighted by Gasteiger charge is -2.19. The molecular weight excluding hydrogens is 255 g/mol. The summed E-state index contributed by atoms with van der Waals surface area (Å²) in [7, 11) is 1.13. The number of amides is 2. The molecule has 1 aromatic rings. The van der Waals surface area contributed by atoms with E-state index >= 15 is 0 Å². The van der Waals surface area contributed by atoms with E-state index in [-0.39, 0.29) is 26.1 Å².